The van der Waals surface area contributed by atoms with Gasteiger partial charge < -0.3 is 33.5 Å². The predicted octanol–water partition coefficient (Wildman–Crippen LogP) is 3.07. The molecule has 2 aromatic carbocycles. The zero-order chi connectivity index (χ0) is 41.2. The molecule has 22 heteroatoms. The second-order valence-corrected chi connectivity index (χ2v) is 15.9. The lowest BCUT2D eigenvalue weighted by Crippen LogP contribution is -2.29. The van der Waals surface area contributed by atoms with Gasteiger partial charge in [0.15, 0.2) is 21.0 Å². The minimum Gasteiger partial charge on any atom is -0.497 e. The fourth-order valence-electron chi connectivity index (χ4n) is 6.06. The molecular weight excluding hydrogens is 799 g/mol. The lowest BCUT2D eigenvalue weighted by Gasteiger charge is -2.16. The fourth-order valence-corrected chi connectivity index (χ4v) is 7.77. The molecule has 5 aromatic rings. The molecule has 58 heavy (non-hydrogen) atoms. The first kappa shape index (κ1) is 41.9. The number of carbonyl (C=O) groups is 3. The van der Waals surface area contributed by atoms with Crippen LogP contribution in [-0.4, -0.2) is 101 Å². The van der Waals surface area contributed by atoms with E-state index >= 15 is 0 Å². The maximum absolute atomic E-state index is 13.0. The molecule has 1 saturated heterocycles. The maximum atomic E-state index is 13.0. The number of nitrogens with zero attached hydrogens (tertiary/aromatic N) is 5. The van der Waals surface area contributed by atoms with Crippen LogP contribution in [0.15, 0.2) is 70.7 Å². The molecule has 1 aliphatic heterocycles. The third-order valence-corrected chi connectivity index (χ3v) is 11.4. The second kappa shape index (κ2) is 19.1. The van der Waals surface area contributed by atoms with Crippen LogP contribution in [0.25, 0.3) is 22.1 Å². The van der Waals surface area contributed by atoms with Crippen molar-refractivity contribution in [1.82, 2.24) is 29.4 Å². The first-order valence-electron chi connectivity index (χ1n) is 17.9. The van der Waals surface area contributed by atoms with Gasteiger partial charge in [0.2, 0.25) is 17.8 Å². The number of rotatable bonds is 18. The van der Waals surface area contributed by atoms with Gasteiger partial charge >= 0.3 is 14.7 Å². The zero-order valence-corrected chi connectivity index (χ0v) is 32.7. The number of aromatic amines is 1. The van der Waals surface area contributed by atoms with E-state index in [1.165, 1.54) is 48.5 Å². The average Bonchev–Trinajstić information content (AvgIpc) is 3.95. The number of carbonyl (C=O) groups excluding carboxylic acids is 3. The normalized spacial score (nSPS) is 15.9. The van der Waals surface area contributed by atoms with Crippen LogP contribution >= 0.6 is 8.60 Å². The van der Waals surface area contributed by atoms with E-state index in [0.717, 1.165) is 0 Å². The van der Waals surface area contributed by atoms with Crippen molar-refractivity contribution < 1.29 is 51.0 Å². The smallest absolute Gasteiger partial charge is 0.418 e. The molecule has 0 aliphatic carbocycles. The van der Waals surface area contributed by atoms with Crippen molar-refractivity contribution in [3.8, 4) is 11.8 Å². The van der Waals surface area contributed by atoms with E-state index in [9.17, 15) is 32.5 Å². The monoisotopic (exact) mass is 838 g/mol. The highest BCUT2D eigenvalue weighted by molar-refractivity contribution is 7.91. The van der Waals surface area contributed by atoms with E-state index in [-0.39, 0.29) is 67.1 Å². The van der Waals surface area contributed by atoms with Gasteiger partial charge in [0, 0.05) is 24.5 Å². The summed E-state index contributed by atoms with van der Waals surface area (Å²) in [5.74, 6) is -1.06. The number of hydrogen-bond acceptors (Lipinski definition) is 15. The Hall–Kier alpha value is -5.75. The van der Waals surface area contributed by atoms with Crippen LogP contribution in [0.4, 0.5) is 10.7 Å². The molecule has 4 heterocycles. The van der Waals surface area contributed by atoms with Gasteiger partial charge in [-0.3, -0.25) is 33.8 Å². The van der Waals surface area contributed by atoms with Gasteiger partial charge in [0.05, 0.1) is 67.8 Å². The fraction of sp³-hybridized carbons (Fsp3) is 0.361. The van der Waals surface area contributed by atoms with E-state index in [0.29, 0.717) is 35.1 Å². The zero-order valence-electron chi connectivity index (χ0n) is 31.0. The Morgan fingerprint density at radius 3 is 2.67 bits per heavy atom. The molecule has 2 amide bonds. The molecule has 6 rings (SSSR count). The number of H-pyrrole nitrogens is 1. The molecule has 3 atom stereocenters. The van der Waals surface area contributed by atoms with E-state index in [4.69, 9.17) is 28.5 Å². The summed E-state index contributed by atoms with van der Waals surface area (Å²) in [6.07, 6.45) is 2.01. The van der Waals surface area contributed by atoms with Crippen LogP contribution in [-0.2, 0) is 44.4 Å². The lowest BCUT2D eigenvalue weighted by molar-refractivity contribution is -0.120. The van der Waals surface area contributed by atoms with Crippen molar-refractivity contribution in [2.75, 3.05) is 44.5 Å². The number of para-hydroxylation sites is 1. The summed E-state index contributed by atoms with van der Waals surface area (Å²) in [5.41, 5.74) is 0.565. The average molecular weight is 839 g/mol. The highest BCUT2D eigenvalue weighted by Crippen LogP contribution is 2.36. The Bertz CT molecular complexity index is 2480. The molecule has 0 radical (unpaired) electrons. The number of ether oxygens (including phenoxy) is 3. The van der Waals surface area contributed by atoms with Crippen LogP contribution < -0.4 is 20.9 Å². The van der Waals surface area contributed by atoms with Gasteiger partial charge in [-0.15, -0.1) is 0 Å². The van der Waals surface area contributed by atoms with Crippen molar-refractivity contribution in [1.29, 1.82) is 5.26 Å². The van der Waals surface area contributed by atoms with Crippen LogP contribution in [0, 0.1) is 11.3 Å². The molecule has 0 saturated carbocycles. The summed E-state index contributed by atoms with van der Waals surface area (Å²) in [6.45, 7) is -0.369. The minimum atomic E-state index is -3.74. The van der Waals surface area contributed by atoms with E-state index in [1.54, 1.807) is 28.8 Å². The van der Waals surface area contributed by atoms with Gasteiger partial charge in [-0.25, -0.2) is 18.2 Å². The van der Waals surface area contributed by atoms with E-state index < -0.39 is 60.5 Å². The van der Waals surface area contributed by atoms with E-state index in [2.05, 4.69) is 25.6 Å². The van der Waals surface area contributed by atoms with Gasteiger partial charge in [-0.05, 0) is 48.7 Å². The van der Waals surface area contributed by atoms with Gasteiger partial charge in [0.25, 0.3) is 5.56 Å². The van der Waals surface area contributed by atoms with Crippen molar-refractivity contribution in [3.63, 3.8) is 0 Å². The summed E-state index contributed by atoms with van der Waals surface area (Å²) >= 11 is 0. The Kier molecular flexibility index (Phi) is 13.8. The van der Waals surface area contributed by atoms with Crippen LogP contribution in [0.5, 0.6) is 5.75 Å². The molecule has 1 aliphatic rings. The molecule has 0 spiro atoms. The van der Waals surface area contributed by atoms with Gasteiger partial charge in [-0.2, -0.15) is 10.2 Å². The Balaban J connectivity index is 0.988. The number of hydrogen-bond donors (Lipinski definition) is 4. The number of nitriles is 1. The molecule has 4 N–H and O–H groups in total. The number of aromatic nitrogens is 5. The summed E-state index contributed by atoms with van der Waals surface area (Å²) in [4.78, 5) is 72.5. The number of anilines is 1. The highest BCUT2D eigenvalue weighted by atomic mass is 32.2. The maximum Gasteiger partial charge on any atom is 0.418 e. The number of methoxy groups -OCH3 is 1. The van der Waals surface area contributed by atoms with Crippen LogP contribution in [0.1, 0.15) is 37.5 Å². The molecule has 1 unspecified atom stereocenters. The standard InChI is InChI=1S/C36H39N8O12PS/c1-52-24-7-10-26(11-8-24)58(50,51)18-17-53-36(48)43-20-23(27-5-2-3-6-28(27)43)19-30(46)38-15-13-29(45)40-35-41-33-32(34(47)42-35)39-22-44(33)31-12-9-25(56-31)21-55-57(49)54-16-4-14-37/h2-3,5-8,10-11,20,22,25,31,49H,4,9,12-13,15-19,21H2,1H3,(H,38,46)(H2,40,41,42,45,47)/t25-,31+,57?/m0/s1. The molecule has 0 bridgehead atoms. The number of amides is 2. The Morgan fingerprint density at radius 2 is 1.90 bits per heavy atom. The summed E-state index contributed by atoms with van der Waals surface area (Å²) in [6, 6.07) is 14.6. The van der Waals surface area contributed by atoms with Gasteiger partial charge in [0.1, 0.15) is 18.6 Å². The molecule has 3 aromatic heterocycles. The number of nitrogens with one attached hydrogen (secondary N) is 3. The third kappa shape index (κ3) is 10.4. The number of benzene rings is 2. The van der Waals surface area contributed by atoms with Gasteiger partial charge in [-0.1, -0.05) is 18.2 Å². The minimum absolute atomic E-state index is 0.0330. The topological polar surface area (TPSA) is 268 Å². The van der Waals surface area contributed by atoms with Crippen molar-refractivity contribution in [2.45, 2.75) is 49.3 Å². The summed E-state index contributed by atoms with van der Waals surface area (Å²) < 4.78 is 55.0. The highest BCUT2D eigenvalue weighted by Gasteiger charge is 2.30. The quantitative estimate of drug-likeness (QED) is 0.0730. The Labute approximate surface area is 331 Å². The van der Waals surface area contributed by atoms with E-state index in [1.807, 2.05) is 6.07 Å². The lowest BCUT2D eigenvalue weighted by atomic mass is 10.1. The van der Waals surface area contributed by atoms with Crippen molar-refractivity contribution in [3.05, 3.63) is 77.0 Å². The predicted molar refractivity (Wildman–Crippen MR) is 206 cm³/mol. The van der Waals surface area contributed by atoms with Crippen LogP contribution in [0.2, 0.25) is 0 Å². The molecule has 306 valence electrons. The summed E-state index contributed by atoms with van der Waals surface area (Å²) in [5, 5.41) is 14.4. The third-order valence-electron chi connectivity index (χ3n) is 8.88. The molecule has 20 nitrogen and oxygen atoms in total. The Morgan fingerprint density at radius 1 is 1.10 bits per heavy atom. The number of fused-ring (bicyclic) bond motifs is 2. The molecule has 1 fully saturated rings. The number of sulfone groups is 1. The van der Waals surface area contributed by atoms with Crippen molar-refractivity contribution >= 4 is 64.4 Å². The first-order chi connectivity index (χ1) is 27.9. The first-order valence-corrected chi connectivity index (χ1v) is 20.7. The summed E-state index contributed by atoms with van der Waals surface area (Å²) in [7, 11) is -4.43. The van der Waals surface area contributed by atoms with Crippen LogP contribution in [0.3, 0.4) is 0 Å². The number of imidazole rings is 1. The van der Waals surface area contributed by atoms with Crippen molar-refractivity contribution in [2.24, 2.45) is 0 Å². The largest absolute Gasteiger partial charge is 0.497 e. The SMILES string of the molecule is COc1ccc(S(=O)(=O)CCOC(=O)n2cc(CC(=O)NCCC(=O)Nc3nc4c(ncn4[C@H]4CC[C@@H](COP(O)OCCC#N)O4)c(=O)[nH]3)c3ccccc32)cc1. The molecular formula is C36H39N8O12PS. The second-order valence-electron chi connectivity index (χ2n) is 12.8.